The van der Waals surface area contributed by atoms with E-state index >= 15 is 0 Å². The first-order valence-corrected chi connectivity index (χ1v) is 9.13. The molecule has 0 bridgehead atoms. The number of hydrogen-bond acceptors (Lipinski definition) is 3. The third kappa shape index (κ3) is 3.12. The molecule has 6 nitrogen and oxygen atoms in total. The van der Waals surface area contributed by atoms with Gasteiger partial charge in [0.15, 0.2) is 0 Å². The van der Waals surface area contributed by atoms with Gasteiger partial charge in [0.05, 0.1) is 17.1 Å². The second-order valence-electron chi connectivity index (χ2n) is 7.34. The van der Waals surface area contributed by atoms with E-state index in [0.717, 1.165) is 47.5 Å². The summed E-state index contributed by atoms with van der Waals surface area (Å²) >= 11 is 0. The number of amides is 1. The Kier molecular flexibility index (Phi) is 4.28. The highest BCUT2D eigenvalue weighted by Crippen LogP contribution is 2.29. The minimum Gasteiger partial charge on any atom is -0.354 e. The third-order valence-corrected chi connectivity index (χ3v) is 5.31. The molecule has 1 aromatic carbocycles. The molecule has 0 aliphatic carbocycles. The summed E-state index contributed by atoms with van der Waals surface area (Å²) in [7, 11) is 2.12. The Bertz CT molecular complexity index is 908. The molecule has 3 aromatic rings. The van der Waals surface area contributed by atoms with Crippen LogP contribution in [0.15, 0.2) is 30.3 Å². The molecular weight excluding hydrogens is 326 g/mol. The van der Waals surface area contributed by atoms with E-state index in [1.807, 2.05) is 44.2 Å². The number of likely N-dealkylation sites (tertiary alicyclic amines) is 1. The van der Waals surface area contributed by atoms with Crippen LogP contribution in [0.1, 0.15) is 46.5 Å². The molecular formula is C20H25N5O. The maximum atomic E-state index is 12.6. The van der Waals surface area contributed by atoms with E-state index < -0.39 is 0 Å². The van der Waals surface area contributed by atoms with Crippen LogP contribution in [-0.2, 0) is 0 Å². The summed E-state index contributed by atoms with van der Waals surface area (Å²) < 4.78 is 0. The number of aromatic amines is 2. The number of aryl methyl sites for hydroxylation is 2. The minimum atomic E-state index is -0.0199. The molecule has 0 spiro atoms. The van der Waals surface area contributed by atoms with Crippen molar-refractivity contribution in [3.63, 3.8) is 0 Å². The summed E-state index contributed by atoms with van der Waals surface area (Å²) in [4.78, 5) is 26.3. The Balaban J connectivity index is 1.51. The highest BCUT2D eigenvalue weighted by Gasteiger charge is 2.30. The van der Waals surface area contributed by atoms with Crippen molar-refractivity contribution in [3.05, 3.63) is 53.1 Å². The summed E-state index contributed by atoms with van der Waals surface area (Å²) in [5.74, 6) is 0.952. The van der Waals surface area contributed by atoms with E-state index in [2.05, 4.69) is 27.2 Å². The Labute approximate surface area is 153 Å². The standard InChI is InChI=1S/C20H25N5O/c1-12-10-13(2)21-18(12)20(26)22-14-8-9-25(3)17(11-14)19-23-15-6-4-5-7-16(15)24-19/h4-7,10,14,17,21H,8-9,11H2,1-3H3,(H,22,26)(H,23,24)/t14-,17-/m1/s1. The number of nitrogens with one attached hydrogen (secondary N) is 3. The molecule has 2 aromatic heterocycles. The number of carbonyl (C=O) groups is 1. The maximum absolute atomic E-state index is 12.6. The lowest BCUT2D eigenvalue weighted by molar-refractivity contribution is 0.0879. The number of rotatable bonds is 3. The fourth-order valence-corrected chi connectivity index (χ4v) is 3.89. The van der Waals surface area contributed by atoms with Gasteiger partial charge in [-0.15, -0.1) is 0 Å². The van der Waals surface area contributed by atoms with Crippen molar-refractivity contribution in [3.8, 4) is 0 Å². The number of para-hydroxylation sites is 2. The molecule has 136 valence electrons. The topological polar surface area (TPSA) is 76.8 Å². The quantitative estimate of drug-likeness (QED) is 0.679. The average Bonchev–Trinajstić information content (AvgIpc) is 3.19. The molecule has 3 heterocycles. The van der Waals surface area contributed by atoms with Crippen LogP contribution in [0.4, 0.5) is 0 Å². The molecule has 6 heteroatoms. The van der Waals surface area contributed by atoms with Crippen molar-refractivity contribution in [2.24, 2.45) is 0 Å². The number of piperidine rings is 1. The zero-order valence-electron chi connectivity index (χ0n) is 15.5. The van der Waals surface area contributed by atoms with Crippen LogP contribution in [0.2, 0.25) is 0 Å². The molecule has 26 heavy (non-hydrogen) atoms. The Hall–Kier alpha value is -2.60. The highest BCUT2D eigenvalue weighted by molar-refractivity contribution is 5.94. The number of aromatic nitrogens is 3. The van der Waals surface area contributed by atoms with Gasteiger partial charge in [0.1, 0.15) is 11.5 Å². The van der Waals surface area contributed by atoms with Crippen LogP contribution in [-0.4, -0.2) is 45.4 Å². The molecule has 1 fully saturated rings. The van der Waals surface area contributed by atoms with Crippen LogP contribution >= 0.6 is 0 Å². The molecule has 1 aliphatic rings. The number of carbonyl (C=O) groups excluding carboxylic acids is 1. The van der Waals surface area contributed by atoms with Crippen LogP contribution < -0.4 is 5.32 Å². The van der Waals surface area contributed by atoms with Gasteiger partial charge in [-0.05, 0) is 57.5 Å². The highest BCUT2D eigenvalue weighted by atomic mass is 16.2. The fourth-order valence-electron chi connectivity index (χ4n) is 3.89. The number of hydrogen-bond donors (Lipinski definition) is 3. The number of H-pyrrole nitrogens is 2. The van der Waals surface area contributed by atoms with Crippen molar-refractivity contribution in [2.45, 2.75) is 38.8 Å². The van der Waals surface area contributed by atoms with Crippen molar-refractivity contribution < 1.29 is 4.79 Å². The van der Waals surface area contributed by atoms with E-state index in [4.69, 9.17) is 4.98 Å². The minimum absolute atomic E-state index is 0.0199. The summed E-state index contributed by atoms with van der Waals surface area (Å²) in [6.45, 7) is 4.86. The van der Waals surface area contributed by atoms with E-state index in [0.29, 0.717) is 5.69 Å². The first-order chi connectivity index (χ1) is 12.5. The second-order valence-corrected chi connectivity index (χ2v) is 7.34. The molecule has 3 N–H and O–H groups in total. The predicted octanol–water partition coefficient (Wildman–Crippen LogP) is 3.07. The molecule has 1 amide bonds. The van der Waals surface area contributed by atoms with Gasteiger partial charge in [0.25, 0.3) is 5.91 Å². The van der Waals surface area contributed by atoms with Gasteiger partial charge >= 0.3 is 0 Å². The number of imidazole rings is 1. The van der Waals surface area contributed by atoms with E-state index in [9.17, 15) is 4.79 Å². The summed E-state index contributed by atoms with van der Waals surface area (Å²) in [6, 6.07) is 10.4. The van der Waals surface area contributed by atoms with Crippen molar-refractivity contribution in [1.82, 2.24) is 25.2 Å². The monoisotopic (exact) mass is 351 g/mol. The third-order valence-electron chi connectivity index (χ3n) is 5.31. The largest absolute Gasteiger partial charge is 0.354 e. The molecule has 1 saturated heterocycles. The number of fused-ring (bicyclic) bond motifs is 1. The normalized spacial score (nSPS) is 21.2. The Morgan fingerprint density at radius 1 is 1.27 bits per heavy atom. The van der Waals surface area contributed by atoms with Crippen LogP contribution in [0.25, 0.3) is 11.0 Å². The van der Waals surface area contributed by atoms with Gasteiger partial charge in [0.2, 0.25) is 0 Å². The van der Waals surface area contributed by atoms with Crippen LogP contribution in [0.3, 0.4) is 0 Å². The van der Waals surface area contributed by atoms with E-state index in [1.54, 1.807) is 0 Å². The van der Waals surface area contributed by atoms with Crippen LogP contribution in [0.5, 0.6) is 0 Å². The summed E-state index contributed by atoms with van der Waals surface area (Å²) in [6.07, 6.45) is 1.79. The number of nitrogens with zero attached hydrogens (tertiary/aromatic N) is 2. The van der Waals surface area contributed by atoms with Gasteiger partial charge < -0.3 is 15.3 Å². The first-order valence-electron chi connectivity index (χ1n) is 9.13. The number of benzene rings is 1. The van der Waals surface area contributed by atoms with Crippen molar-refractivity contribution in [1.29, 1.82) is 0 Å². The lowest BCUT2D eigenvalue weighted by atomic mass is 9.97. The van der Waals surface area contributed by atoms with Crippen molar-refractivity contribution >= 4 is 16.9 Å². The molecule has 0 saturated carbocycles. The summed E-state index contributed by atoms with van der Waals surface area (Å²) in [5, 5.41) is 3.20. The molecule has 2 atom stereocenters. The van der Waals surface area contributed by atoms with Crippen molar-refractivity contribution in [2.75, 3.05) is 13.6 Å². The molecule has 0 unspecified atom stereocenters. The molecule has 1 aliphatic heterocycles. The fraction of sp³-hybridized carbons (Fsp3) is 0.400. The lowest BCUT2D eigenvalue weighted by Gasteiger charge is -2.36. The first kappa shape index (κ1) is 16.8. The molecule has 0 radical (unpaired) electrons. The van der Waals surface area contributed by atoms with Gasteiger partial charge in [-0.25, -0.2) is 4.98 Å². The maximum Gasteiger partial charge on any atom is 0.268 e. The van der Waals surface area contributed by atoms with E-state index in [-0.39, 0.29) is 18.0 Å². The predicted molar refractivity (Wildman–Crippen MR) is 102 cm³/mol. The summed E-state index contributed by atoms with van der Waals surface area (Å²) in [5.41, 5.74) is 4.71. The van der Waals surface area contributed by atoms with Crippen LogP contribution in [0, 0.1) is 13.8 Å². The van der Waals surface area contributed by atoms with Gasteiger partial charge in [0, 0.05) is 18.3 Å². The van der Waals surface area contributed by atoms with Gasteiger partial charge in [-0.1, -0.05) is 12.1 Å². The SMILES string of the molecule is Cc1cc(C)c(C(=O)N[C@@H]2CCN(C)[C@@H](c3nc4ccccc4[nH]3)C2)[nH]1. The van der Waals surface area contributed by atoms with E-state index in [1.165, 1.54) is 0 Å². The zero-order chi connectivity index (χ0) is 18.3. The smallest absolute Gasteiger partial charge is 0.268 e. The van der Waals surface area contributed by atoms with Gasteiger partial charge in [-0.2, -0.15) is 0 Å². The molecule has 4 rings (SSSR count). The lowest BCUT2D eigenvalue weighted by Crippen LogP contribution is -2.45. The second kappa shape index (κ2) is 6.61. The average molecular weight is 351 g/mol. The Morgan fingerprint density at radius 3 is 2.81 bits per heavy atom. The zero-order valence-corrected chi connectivity index (χ0v) is 15.5. The Morgan fingerprint density at radius 2 is 2.08 bits per heavy atom. The van der Waals surface area contributed by atoms with Gasteiger partial charge in [-0.3, -0.25) is 9.69 Å².